The Morgan fingerprint density at radius 1 is 1.07 bits per heavy atom. The molecule has 0 saturated carbocycles. The molecule has 0 aliphatic carbocycles. The van der Waals surface area contributed by atoms with Crippen molar-refractivity contribution in [2.45, 2.75) is 70.5 Å². The van der Waals surface area contributed by atoms with E-state index in [2.05, 4.69) is 24.1 Å². The number of piperidine rings is 1. The molecule has 88 valence electrons. The summed E-state index contributed by atoms with van der Waals surface area (Å²) in [4.78, 5) is 2.80. The van der Waals surface area contributed by atoms with Gasteiger partial charge >= 0.3 is 0 Å². The highest BCUT2D eigenvalue weighted by molar-refractivity contribution is 4.85. The molecule has 2 aliphatic rings. The van der Waals surface area contributed by atoms with Crippen LogP contribution in [-0.2, 0) is 0 Å². The quantitative estimate of drug-likeness (QED) is 0.715. The summed E-state index contributed by atoms with van der Waals surface area (Å²) in [7, 11) is 0. The molecule has 0 radical (unpaired) electrons. The second kappa shape index (κ2) is 5.31. The van der Waals surface area contributed by atoms with Crippen LogP contribution in [0.3, 0.4) is 0 Å². The van der Waals surface area contributed by atoms with Crippen LogP contribution in [0.25, 0.3) is 0 Å². The van der Waals surface area contributed by atoms with E-state index in [1.165, 1.54) is 51.6 Å². The first kappa shape index (κ1) is 11.4. The zero-order valence-corrected chi connectivity index (χ0v) is 10.3. The summed E-state index contributed by atoms with van der Waals surface area (Å²) >= 11 is 0. The molecule has 0 amide bonds. The molecule has 2 heteroatoms. The molecule has 0 spiro atoms. The maximum absolute atomic E-state index is 3.55. The van der Waals surface area contributed by atoms with Crippen LogP contribution in [0.2, 0.25) is 0 Å². The van der Waals surface area contributed by atoms with Crippen LogP contribution in [0, 0.1) is 0 Å². The first-order valence-corrected chi connectivity index (χ1v) is 6.76. The highest BCUT2D eigenvalue weighted by Gasteiger charge is 2.28. The van der Waals surface area contributed by atoms with Gasteiger partial charge in [0.15, 0.2) is 0 Å². The van der Waals surface area contributed by atoms with Crippen molar-refractivity contribution in [3.63, 3.8) is 0 Å². The molecule has 0 aromatic carbocycles. The molecule has 3 atom stereocenters. The Kier molecular flexibility index (Phi) is 4.04. The molecule has 1 N–H and O–H groups in total. The predicted molar refractivity (Wildman–Crippen MR) is 65.1 cm³/mol. The van der Waals surface area contributed by atoms with E-state index >= 15 is 0 Å². The van der Waals surface area contributed by atoms with Gasteiger partial charge < -0.3 is 5.32 Å². The summed E-state index contributed by atoms with van der Waals surface area (Å²) < 4.78 is 0. The number of hydrogen-bond donors (Lipinski definition) is 1. The van der Waals surface area contributed by atoms with Crippen LogP contribution in [0.1, 0.15) is 52.4 Å². The Hall–Kier alpha value is -0.0800. The number of hydrogen-bond acceptors (Lipinski definition) is 2. The number of nitrogens with zero attached hydrogens (tertiary/aromatic N) is 1. The molecular formula is C13H26N2. The topological polar surface area (TPSA) is 15.3 Å². The molecule has 0 aromatic heterocycles. The largest absolute Gasteiger partial charge is 0.314 e. The molecule has 3 unspecified atom stereocenters. The third-order valence-corrected chi connectivity index (χ3v) is 4.17. The van der Waals surface area contributed by atoms with Gasteiger partial charge in [-0.3, -0.25) is 4.90 Å². The lowest BCUT2D eigenvalue weighted by Crippen LogP contribution is -2.49. The van der Waals surface area contributed by atoms with E-state index in [0.717, 1.165) is 18.1 Å². The van der Waals surface area contributed by atoms with Gasteiger partial charge in [-0.25, -0.2) is 0 Å². The van der Waals surface area contributed by atoms with Crippen LogP contribution in [0.4, 0.5) is 0 Å². The maximum Gasteiger partial charge on any atom is 0.0125 e. The van der Waals surface area contributed by atoms with Gasteiger partial charge in [0.05, 0.1) is 0 Å². The molecule has 2 aliphatic heterocycles. The van der Waals surface area contributed by atoms with Crippen molar-refractivity contribution in [2.75, 3.05) is 13.1 Å². The Morgan fingerprint density at radius 2 is 1.93 bits per heavy atom. The van der Waals surface area contributed by atoms with Gasteiger partial charge in [-0.05, 0) is 52.6 Å². The Labute approximate surface area is 94.4 Å². The van der Waals surface area contributed by atoms with Gasteiger partial charge in [-0.1, -0.05) is 12.8 Å². The molecule has 2 saturated heterocycles. The lowest BCUT2D eigenvalue weighted by Gasteiger charge is -2.39. The Morgan fingerprint density at radius 3 is 2.73 bits per heavy atom. The molecular weight excluding hydrogens is 184 g/mol. The van der Waals surface area contributed by atoms with Crippen molar-refractivity contribution < 1.29 is 0 Å². The van der Waals surface area contributed by atoms with Crippen molar-refractivity contribution in [2.24, 2.45) is 0 Å². The van der Waals surface area contributed by atoms with E-state index in [-0.39, 0.29) is 0 Å². The molecule has 0 aromatic rings. The smallest absolute Gasteiger partial charge is 0.0125 e. The van der Waals surface area contributed by atoms with Crippen LogP contribution < -0.4 is 5.32 Å². The highest BCUT2D eigenvalue weighted by Crippen LogP contribution is 2.24. The van der Waals surface area contributed by atoms with Crippen LogP contribution in [-0.4, -0.2) is 36.1 Å². The van der Waals surface area contributed by atoms with Crippen molar-refractivity contribution >= 4 is 0 Å². The minimum absolute atomic E-state index is 0.721. The molecule has 2 rings (SSSR count). The average Bonchev–Trinajstić information content (AvgIpc) is 2.43. The molecule has 2 nitrogen and oxygen atoms in total. The van der Waals surface area contributed by atoms with Crippen LogP contribution >= 0.6 is 0 Å². The number of rotatable bonds is 1. The fourth-order valence-corrected chi connectivity index (χ4v) is 3.25. The summed E-state index contributed by atoms with van der Waals surface area (Å²) in [6.45, 7) is 7.32. The fraction of sp³-hybridized carbons (Fsp3) is 1.00. The predicted octanol–water partition coefficient (Wildman–Crippen LogP) is 2.39. The van der Waals surface area contributed by atoms with E-state index in [0.29, 0.717) is 0 Å². The van der Waals surface area contributed by atoms with Gasteiger partial charge in [0.2, 0.25) is 0 Å². The molecule has 0 bridgehead atoms. The van der Waals surface area contributed by atoms with Gasteiger partial charge in [-0.2, -0.15) is 0 Å². The molecule has 15 heavy (non-hydrogen) atoms. The maximum atomic E-state index is 3.55. The zero-order valence-electron chi connectivity index (χ0n) is 10.3. The van der Waals surface area contributed by atoms with E-state index < -0.39 is 0 Å². The lowest BCUT2D eigenvalue weighted by atomic mass is 9.97. The molecule has 2 heterocycles. The van der Waals surface area contributed by atoms with Crippen LogP contribution in [0.5, 0.6) is 0 Å². The van der Waals surface area contributed by atoms with E-state index in [1.54, 1.807) is 0 Å². The minimum Gasteiger partial charge on any atom is -0.314 e. The summed E-state index contributed by atoms with van der Waals surface area (Å²) in [6.07, 6.45) is 8.43. The lowest BCUT2D eigenvalue weighted by molar-refractivity contribution is 0.109. The summed E-state index contributed by atoms with van der Waals surface area (Å²) in [5.74, 6) is 0. The third kappa shape index (κ3) is 2.94. The first-order valence-electron chi connectivity index (χ1n) is 6.76. The standard InChI is InChI=1S/C13H26N2/c1-11-10-13(7-8-14-11)15-9-5-3-4-6-12(15)2/h11-14H,3-10H2,1-2H3. The van der Waals surface area contributed by atoms with E-state index in [9.17, 15) is 0 Å². The second-order valence-corrected chi connectivity index (χ2v) is 5.47. The van der Waals surface area contributed by atoms with Crippen LogP contribution in [0.15, 0.2) is 0 Å². The van der Waals surface area contributed by atoms with Crippen molar-refractivity contribution in [3.8, 4) is 0 Å². The van der Waals surface area contributed by atoms with Gasteiger partial charge in [-0.15, -0.1) is 0 Å². The SMILES string of the molecule is CC1CC(N2CCCCCC2C)CCN1. The van der Waals surface area contributed by atoms with Crippen molar-refractivity contribution in [1.29, 1.82) is 0 Å². The van der Waals surface area contributed by atoms with E-state index in [1.807, 2.05) is 0 Å². The normalized spacial score (nSPS) is 40.0. The Balaban J connectivity index is 1.94. The highest BCUT2D eigenvalue weighted by atomic mass is 15.2. The Bertz CT molecular complexity index is 193. The summed E-state index contributed by atoms with van der Waals surface area (Å²) in [6, 6.07) is 2.40. The average molecular weight is 210 g/mol. The zero-order chi connectivity index (χ0) is 10.7. The van der Waals surface area contributed by atoms with E-state index in [4.69, 9.17) is 0 Å². The second-order valence-electron chi connectivity index (χ2n) is 5.47. The third-order valence-electron chi connectivity index (χ3n) is 4.17. The fourth-order valence-electron chi connectivity index (χ4n) is 3.25. The van der Waals surface area contributed by atoms with Gasteiger partial charge in [0.1, 0.15) is 0 Å². The first-order chi connectivity index (χ1) is 7.27. The van der Waals surface area contributed by atoms with Crippen molar-refractivity contribution in [3.05, 3.63) is 0 Å². The number of nitrogens with one attached hydrogen (secondary N) is 1. The molecule has 2 fully saturated rings. The van der Waals surface area contributed by atoms with Gasteiger partial charge in [0, 0.05) is 18.1 Å². The van der Waals surface area contributed by atoms with Crippen molar-refractivity contribution in [1.82, 2.24) is 10.2 Å². The monoisotopic (exact) mass is 210 g/mol. The van der Waals surface area contributed by atoms with Gasteiger partial charge in [0.25, 0.3) is 0 Å². The number of likely N-dealkylation sites (tertiary alicyclic amines) is 1. The summed E-state index contributed by atoms with van der Waals surface area (Å²) in [5.41, 5.74) is 0. The summed E-state index contributed by atoms with van der Waals surface area (Å²) in [5, 5.41) is 3.55. The minimum atomic E-state index is 0.721.